The van der Waals surface area contributed by atoms with Gasteiger partial charge in [0.1, 0.15) is 11.4 Å². The average Bonchev–Trinajstić information content (AvgIpc) is 2.88. The van der Waals surface area contributed by atoms with Gasteiger partial charge >= 0.3 is 0 Å². The molecule has 3 rings (SSSR count). The molecule has 0 saturated heterocycles. The molecule has 0 spiro atoms. The van der Waals surface area contributed by atoms with Crippen molar-refractivity contribution in [3.63, 3.8) is 0 Å². The van der Waals surface area contributed by atoms with Crippen molar-refractivity contribution >= 4 is 17.5 Å². The Morgan fingerprint density at radius 2 is 2.18 bits per heavy atom. The standard InChI is InChI=1S/C10H10N6S/c1-7-5-8(16-9(14-7)12-6-13-16)17-10-11-3-4-15(10)2/h3-6H,1-2H3. The summed E-state index contributed by atoms with van der Waals surface area (Å²) in [5.41, 5.74) is 0.919. The smallest absolute Gasteiger partial charge is 0.253 e. The molecule has 3 heterocycles. The number of aromatic nitrogens is 6. The maximum atomic E-state index is 4.30. The highest BCUT2D eigenvalue weighted by atomic mass is 32.2. The van der Waals surface area contributed by atoms with Crippen LogP contribution in [0.1, 0.15) is 5.69 Å². The quantitative estimate of drug-likeness (QED) is 0.638. The van der Waals surface area contributed by atoms with Crippen LogP contribution in [0.15, 0.2) is 35.0 Å². The fourth-order valence-electron chi connectivity index (χ4n) is 1.51. The highest BCUT2D eigenvalue weighted by Gasteiger charge is 2.09. The van der Waals surface area contributed by atoms with E-state index in [0.717, 1.165) is 15.9 Å². The number of hydrogen-bond donors (Lipinski definition) is 0. The lowest BCUT2D eigenvalue weighted by Crippen LogP contribution is -1.98. The van der Waals surface area contributed by atoms with E-state index in [1.165, 1.54) is 6.33 Å². The van der Waals surface area contributed by atoms with E-state index in [2.05, 4.69) is 20.1 Å². The predicted molar refractivity (Wildman–Crippen MR) is 62.9 cm³/mol. The number of aryl methyl sites for hydroxylation is 2. The van der Waals surface area contributed by atoms with Crippen LogP contribution in [0.2, 0.25) is 0 Å². The summed E-state index contributed by atoms with van der Waals surface area (Å²) in [5.74, 6) is 0.613. The van der Waals surface area contributed by atoms with Gasteiger partial charge in [-0.3, -0.25) is 0 Å². The van der Waals surface area contributed by atoms with Gasteiger partial charge in [-0.15, -0.1) is 0 Å². The van der Waals surface area contributed by atoms with E-state index in [1.807, 2.05) is 30.8 Å². The molecule has 0 aliphatic carbocycles. The molecule has 0 aromatic carbocycles. The van der Waals surface area contributed by atoms with Crippen molar-refractivity contribution in [2.24, 2.45) is 7.05 Å². The molecular weight excluding hydrogens is 236 g/mol. The molecule has 0 atom stereocenters. The van der Waals surface area contributed by atoms with E-state index in [4.69, 9.17) is 0 Å². The molecule has 0 amide bonds. The molecule has 86 valence electrons. The summed E-state index contributed by atoms with van der Waals surface area (Å²) in [5, 5.41) is 6.02. The van der Waals surface area contributed by atoms with Gasteiger partial charge in [-0.05, 0) is 24.8 Å². The summed E-state index contributed by atoms with van der Waals surface area (Å²) >= 11 is 1.54. The molecule has 0 N–H and O–H groups in total. The van der Waals surface area contributed by atoms with Gasteiger partial charge in [0.05, 0.1) is 0 Å². The average molecular weight is 246 g/mol. The monoisotopic (exact) mass is 246 g/mol. The first-order valence-corrected chi connectivity index (χ1v) is 5.88. The van der Waals surface area contributed by atoms with E-state index in [-0.39, 0.29) is 0 Å². The van der Waals surface area contributed by atoms with Gasteiger partial charge in [0.25, 0.3) is 5.78 Å². The van der Waals surface area contributed by atoms with Gasteiger partial charge < -0.3 is 4.57 Å². The Kier molecular flexibility index (Phi) is 2.32. The molecule has 0 bridgehead atoms. The van der Waals surface area contributed by atoms with Gasteiger partial charge in [-0.25, -0.2) is 9.97 Å². The van der Waals surface area contributed by atoms with Crippen molar-refractivity contribution in [2.75, 3.05) is 0 Å². The molecule has 7 heteroatoms. The van der Waals surface area contributed by atoms with Crippen LogP contribution >= 0.6 is 11.8 Å². The Bertz CT molecular complexity index is 670. The summed E-state index contributed by atoms with van der Waals surface area (Å²) in [6.07, 6.45) is 5.19. The van der Waals surface area contributed by atoms with Crippen LogP contribution in [0.3, 0.4) is 0 Å². The van der Waals surface area contributed by atoms with Gasteiger partial charge in [-0.2, -0.15) is 14.6 Å². The molecular formula is C10H10N6S. The number of fused-ring (bicyclic) bond motifs is 1. The van der Waals surface area contributed by atoms with Crippen molar-refractivity contribution in [1.29, 1.82) is 0 Å². The van der Waals surface area contributed by atoms with Crippen LogP contribution in [0.5, 0.6) is 0 Å². The van der Waals surface area contributed by atoms with Crippen LogP contribution in [0.25, 0.3) is 5.78 Å². The molecule has 17 heavy (non-hydrogen) atoms. The van der Waals surface area contributed by atoms with E-state index >= 15 is 0 Å². The third kappa shape index (κ3) is 1.78. The van der Waals surface area contributed by atoms with Crippen LogP contribution in [-0.4, -0.2) is 29.1 Å². The Labute approximate surface area is 102 Å². The fourth-order valence-corrected chi connectivity index (χ4v) is 2.46. The van der Waals surface area contributed by atoms with Crippen molar-refractivity contribution in [2.45, 2.75) is 17.1 Å². The lowest BCUT2D eigenvalue weighted by Gasteiger charge is -2.04. The highest BCUT2D eigenvalue weighted by Crippen LogP contribution is 2.25. The number of hydrogen-bond acceptors (Lipinski definition) is 5. The topological polar surface area (TPSA) is 60.9 Å². The molecule has 0 unspecified atom stereocenters. The van der Waals surface area contributed by atoms with Gasteiger partial charge in [0.2, 0.25) is 0 Å². The van der Waals surface area contributed by atoms with Crippen molar-refractivity contribution in [1.82, 2.24) is 29.1 Å². The molecule has 0 radical (unpaired) electrons. The summed E-state index contributed by atoms with van der Waals surface area (Å²) in [4.78, 5) is 12.7. The third-order valence-electron chi connectivity index (χ3n) is 2.32. The minimum absolute atomic E-state index is 0.613. The minimum Gasteiger partial charge on any atom is -0.329 e. The lowest BCUT2D eigenvalue weighted by molar-refractivity contribution is 0.779. The van der Waals surface area contributed by atoms with Crippen molar-refractivity contribution in [3.05, 3.63) is 30.5 Å². The number of nitrogens with zero attached hydrogens (tertiary/aromatic N) is 6. The third-order valence-corrected chi connectivity index (χ3v) is 3.40. The van der Waals surface area contributed by atoms with Crippen molar-refractivity contribution in [3.8, 4) is 0 Å². The normalized spacial score (nSPS) is 11.2. The van der Waals surface area contributed by atoms with Gasteiger partial charge in [0, 0.05) is 25.1 Å². The van der Waals surface area contributed by atoms with Gasteiger partial charge in [0.15, 0.2) is 5.16 Å². The molecule has 6 nitrogen and oxygen atoms in total. The molecule has 3 aromatic heterocycles. The maximum Gasteiger partial charge on any atom is 0.253 e. The second-order valence-electron chi connectivity index (χ2n) is 3.63. The molecule has 0 fully saturated rings. The Morgan fingerprint density at radius 1 is 1.29 bits per heavy atom. The Morgan fingerprint density at radius 3 is 2.94 bits per heavy atom. The van der Waals surface area contributed by atoms with E-state index in [0.29, 0.717) is 5.78 Å². The van der Waals surface area contributed by atoms with Crippen molar-refractivity contribution < 1.29 is 0 Å². The molecule has 0 saturated carbocycles. The van der Waals surface area contributed by atoms with Crippen LogP contribution in [0, 0.1) is 6.92 Å². The first kappa shape index (κ1) is 10.3. The first-order valence-electron chi connectivity index (χ1n) is 5.06. The first-order chi connectivity index (χ1) is 8.24. The summed E-state index contributed by atoms with van der Waals surface area (Å²) in [6.45, 7) is 1.94. The maximum absolute atomic E-state index is 4.30. The Balaban J connectivity index is 2.11. The predicted octanol–water partition coefficient (Wildman–Crippen LogP) is 1.32. The van der Waals surface area contributed by atoms with E-state index in [1.54, 1.807) is 22.5 Å². The molecule has 0 aliphatic rings. The molecule has 0 aliphatic heterocycles. The fraction of sp³-hybridized carbons (Fsp3) is 0.200. The van der Waals surface area contributed by atoms with Crippen LogP contribution < -0.4 is 0 Å². The summed E-state index contributed by atoms with van der Waals surface area (Å²) in [6, 6.07) is 1.97. The number of imidazole rings is 1. The zero-order chi connectivity index (χ0) is 11.8. The van der Waals surface area contributed by atoms with Gasteiger partial charge in [-0.1, -0.05) is 0 Å². The zero-order valence-corrected chi connectivity index (χ0v) is 10.2. The van der Waals surface area contributed by atoms with E-state index in [9.17, 15) is 0 Å². The zero-order valence-electron chi connectivity index (χ0n) is 9.40. The van der Waals surface area contributed by atoms with Crippen LogP contribution in [-0.2, 0) is 7.05 Å². The number of rotatable bonds is 2. The summed E-state index contributed by atoms with van der Waals surface area (Å²) < 4.78 is 3.68. The molecule has 3 aromatic rings. The van der Waals surface area contributed by atoms with Crippen LogP contribution in [0.4, 0.5) is 0 Å². The largest absolute Gasteiger partial charge is 0.329 e. The highest BCUT2D eigenvalue weighted by molar-refractivity contribution is 7.99. The second-order valence-corrected chi connectivity index (χ2v) is 4.62. The summed E-state index contributed by atoms with van der Waals surface area (Å²) in [7, 11) is 1.96. The SMILES string of the molecule is Cc1cc(Sc2nccn2C)n2ncnc2n1. The van der Waals surface area contributed by atoms with E-state index < -0.39 is 0 Å². The minimum atomic E-state index is 0.613. The lowest BCUT2D eigenvalue weighted by atomic mass is 10.5. The second kappa shape index (κ2) is 3.85. The Hall–Kier alpha value is -1.89.